The fourth-order valence-electron chi connectivity index (χ4n) is 2.74. The van der Waals surface area contributed by atoms with Gasteiger partial charge in [0.15, 0.2) is 0 Å². The van der Waals surface area contributed by atoms with Crippen LogP contribution >= 0.6 is 12.4 Å². The predicted molar refractivity (Wildman–Crippen MR) is 90.6 cm³/mol. The van der Waals surface area contributed by atoms with Crippen LogP contribution in [0.5, 0.6) is 0 Å². The highest BCUT2D eigenvalue weighted by Crippen LogP contribution is 2.23. The molecule has 23 heavy (non-hydrogen) atoms. The van der Waals surface area contributed by atoms with Crippen molar-refractivity contribution in [3.63, 3.8) is 0 Å². The second kappa shape index (κ2) is 7.00. The Balaban J connectivity index is 0.00000192. The van der Waals surface area contributed by atoms with Crippen LogP contribution in [0.15, 0.2) is 44.4 Å². The van der Waals surface area contributed by atoms with Gasteiger partial charge < -0.3 is 9.73 Å². The largest absolute Gasteiger partial charge is 0.423 e. The Bertz CT molecular complexity index is 844. The van der Waals surface area contributed by atoms with Gasteiger partial charge in [0, 0.05) is 24.5 Å². The van der Waals surface area contributed by atoms with E-state index in [1.165, 1.54) is 22.5 Å². The number of piperidine rings is 1. The van der Waals surface area contributed by atoms with Gasteiger partial charge in [0.2, 0.25) is 10.0 Å². The van der Waals surface area contributed by atoms with Gasteiger partial charge in [-0.15, -0.1) is 12.4 Å². The Morgan fingerprint density at radius 1 is 1.17 bits per heavy atom. The van der Waals surface area contributed by atoms with E-state index in [1.807, 2.05) is 0 Å². The summed E-state index contributed by atoms with van der Waals surface area (Å²) in [5.74, 6) is 0. The molecule has 1 aromatic heterocycles. The first-order valence-corrected chi connectivity index (χ1v) is 8.65. The average Bonchev–Trinajstić information content (AvgIpc) is 2.54. The fraction of sp³-hybridized carbons (Fsp3) is 0.400. The van der Waals surface area contributed by atoms with Crippen LogP contribution in [-0.2, 0) is 10.0 Å². The van der Waals surface area contributed by atoms with Crippen molar-refractivity contribution in [2.24, 2.45) is 0 Å². The summed E-state index contributed by atoms with van der Waals surface area (Å²) < 4.78 is 32.0. The van der Waals surface area contributed by atoms with E-state index in [9.17, 15) is 13.2 Å². The molecule has 8 heteroatoms. The fourth-order valence-corrected chi connectivity index (χ4v) is 4.19. The van der Waals surface area contributed by atoms with E-state index < -0.39 is 15.6 Å². The molecule has 0 unspecified atom stereocenters. The molecule has 3 rings (SSSR count). The van der Waals surface area contributed by atoms with Crippen molar-refractivity contribution in [3.8, 4) is 0 Å². The van der Waals surface area contributed by atoms with Crippen LogP contribution in [0.3, 0.4) is 0 Å². The molecule has 1 aliphatic heterocycles. The molecule has 2 heterocycles. The molecule has 2 aromatic rings. The van der Waals surface area contributed by atoms with E-state index in [4.69, 9.17) is 4.42 Å². The molecule has 6 nitrogen and oxygen atoms in total. The van der Waals surface area contributed by atoms with Crippen molar-refractivity contribution in [3.05, 3.63) is 40.8 Å². The number of halogens is 1. The maximum absolute atomic E-state index is 12.8. The van der Waals surface area contributed by atoms with E-state index in [0.29, 0.717) is 11.0 Å². The van der Waals surface area contributed by atoms with E-state index in [1.54, 1.807) is 19.2 Å². The van der Waals surface area contributed by atoms with Gasteiger partial charge in [-0.05, 0) is 50.2 Å². The molecular formula is C15H19ClN2O4S. The first-order chi connectivity index (χ1) is 10.5. The molecule has 1 fully saturated rings. The average molecular weight is 359 g/mol. The molecule has 0 saturated carbocycles. The molecule has 1 aliphatic rings. The molecular weight excluding hydrogens is 340 g/mol. The van der Waals surface area contributed by atoms with Gasteiger partial charge >= 0.3 is 5.63 Å². The van der Waals surface area contributed by atoms with E-state index in [0.717, 1.165) is 25.9 Å². The predicted octanol–water partition coefficient (Wildman–Crippen LogP) is 1.59. The third kappa shape index (κ3) is 3.58. The van der Waals surface area contributed by atoms with Crippen molar-refractivity contribution < 1.29 is 12.8 Å². The molecule has 1 N–H and O–H groups in total. The molecule has 0 spiro atoms. The minimum Gasteiger partial charge on any atom is -0.423 e. The standard InChI is InChI=1S/C15H18N2O4S.ClH/c1-17(12-6-8-16-9-7-12)22(19,20)13-3-4-14-11(10-13)2-5-15(18)21-14;/h2-5,10,12,16H,6-9H2,1H3;1H. The number of fused-ring (bicyclic) bond motifs is 1. The third-order valence-corrected chi connectivity index (χ3v) is 6.00. The number of rotatable bonds is 3. The third-order valence-electron chi connectivity index (χ3n) is 4.09. The zero-order valence-electron chi connectivity index (χ0n) is 12.7. The van der Waals surface area contributed by atoms with Crippen molar-refractivity contribution >= 4 is 33.4 Å². The van der Waals surface area contributed by atoms with Crippen LogP contribution in [0, 0.1) is 0 Å². The Morgan fingerprint density at radius 3 is 2.57 bits per heavy atom. The Kier molecular flexibility index (Phi) is 5.46. The minimum atomic E-state index is -3.55. The summed E-state index contributed by atoms with van der Waals surface area (Å²) in [4.78, 5) is 11.4. The van der Waals surface area contributed by atoms with Gasteiger partial charge in [-0.3, -0.25) is 0 Å². The lowest BCUT2D eigenvalue weighted by molar-refractivity contribution is 0.296. The highest BCUT2D eigenvalue weighted by atomic mass is 35.5. The molecule has 0 atom stereocenters. The van der Waals surface area contributed by atoms with E-state index in [-0.39, 0.29) is 23.3 Å². The molecule has 1 aromatic carbocycles. The van der Waals surface area contributed by atoms with Crippen LogP contribution in [0.2, 0.25) is 0 Å². The number of nitrogens with zero attached hydrogens (tertiary/aromatic N) is 1. The summed E-state index contributed by atoms with van der Waals surface area (Å²) in [6.07, 6.45) is 1.61. The Morgan fingerprint density at radius 2 is 1.87 bits per heavy atom. The molecule has 0 amide bonds. The van der Waals surface area contributed by atoms with Crippen LogP contribution in [0.25, 0.3) is 11.0 Å². The Labute approximate surface area is 140 Å². The van der Waals surface area contributed by atoms with Crippen molar-refractivity contribution in [2.75, 3.05) is 20.1 Å². The lowest BCUT2D eigenvalue weighted by atomic mass is 10.1. The van der Waals surface area contributed by atoms with Crippen LogP contribution in [0.4, 0.5) is 0 Å². The summed E-state index contributed by atoms with van der Waals surface area (Å²) in [5.41, 5.74) is -0.0640. The van der Waals surface area contributed by atoms with Crippen LogP contribution in [-0.4, -0.2) is 38.9 Å². The molecule has 1 saturated heterocycles. The van der Waals surface area contributed by atoms with Crippen LogP contribution < -0.4 is 10.9 Å². The monoisotopic (exact) mass is 358 g/mol. The normalized spacial score (nSPS) is 16.4. The quantitative estimate of drug-likeness (QED) is 0.843. The smallest absolute Gasteiger partial charge is 0.336 e. The lowest BCUT2D eigenvalue weighted by Gasteiger charge is -2.30. The topological polar surface area (TPSA) is 79.6 Å². The number of hydrogen-bond acceptors (Lipinski definition) is 5. The zero-order valence-corrected chi connectivity index (χ0v) is 14.3. The van der Waals surface area contributed by atoms with Gasteiger partial charge in [0.05, 0.1) is 4.90 Å². The van der Waals surface area contributed by atoms with Gasteiger partial charge in [0.1, 0.15) is 5.58 Å². The van der Waals surface area contributed by atoms with Crippen LogP contribution in [0.1, 0.15) is 12.8 Å². The number of nitrogens with one attached hydrogen (secondary N) is 1. The van der Waals surface area contributed by atoms with E-state index >= 15 is 0 Å². The van der Waals surface area contributed by atoms with E-state index in [2.05, 4.69) is 5.32 Å². The summed E-state index contributed by atoms with van der Waals surface area (Å²) in [7, 11) is -1.93. The summed E-state index contributed by atoms with van der Waals surface area (Å²) in [6.45, 7) is 1.65. The van der Waals surface area contributed by atoms with Crippen molar-refractivity contribution in [2.45, 2.75) is 23.8 Å². The van der Waals surface area contributed by atoms with Gasteiger partial charge in [-0.2, -0.15) is 4.31 Å². The van der Waals surface area contributed by atoms with Gasteiger partial charge in [0.25, 0.3) is 0 Å². The lowest BCUT2D eigenvalue weighted by Crippen LogP contribution is -2.43. The highest BCUT2D eigenvalue weighted by molar-refractivity contribution is 7.89. The summed E-state index contributed by atoms with van der Waals surface area (Å²) >= 11 is 0. The first kappa shape index (κ1) is 17.9. The second-order valence-electron chi connectivity index (χ2n) is 5.46. The number of sulfonamides is 1. The maximum atomic E-state index is 12.8. The molecule has 0 bridgehead atoms. The maximum Gasteiger partial charge on any atom is 0.336 e. The molecule has 0 radical (unpaired) electrons. The second-order valence-corrected chi connectivity index (χ2v) is 7.45. The first-order valence-electron chi connectivity index (χ1n) is 7.21. The van der Waals surface area contributed by atoms with Crippen molar-refractivity contribution in [1.29, 1.82) is 0 Å². The molecule has 0 aliphatic carbocycles. The minimum absolute atomic E-state index is 0. The highest BCUT2D eigenvalue weighted by Gasteiger charge is 2.29. The summed E-state index contributed by atoms with van der Waals surface area (Å²) in [6, 6.07) is 7.43. The molecule has 126 valence electrons. The zero-order chi connectivity index (χ0) is 15.7. The van der Waals surface area contributed by atoms with Crippen molar-refractivity contribution in [1.82, 2.24) is 9.62 Å². The number of benzene rings is 1. The number of hydrogen-bond donors (Lipinski definition) is 1. The van der Waals surface area contributed by atoms with Gasteiger partial charge in [-0.1, -0.05) is 0 Å². The Hall–Kier alpha value is -1.41. The summed E-state index contributed by atoms with van der Waals surface area (Å²) in [5, 5.41) is 3.82. The van der Waals surface area contributed by atoms with Gasteiger partial charge in [-0.25, -0.2) is 13.2 Å². The SMILES string of the molecule is CN(C1CCNCC1)S(=O)(=O)c1ccc2oc(=O)ccc2c1.Cl.